The Balaban J connectivity index is 1.86. The van der Waals surface area contributed by atoms with Crippen molar-refractivity contribution in [1.29, 1.82) is 0 Å². The molecule has 2 nitrogen and oxygen atoms in total. The Morgan fingerprint density at radius 3 is 2.83 bits per heavy atom. The topological polar surface area (TPSA) is 33.1 Å². The van der Waals surface area contributed by atoms with Crippen LogP contribution in [0.15, 0.2) is 30.5 Å². The molecular weight excluding hydrogens is 266 g/mol. The second-order valence-corrected chi connectivity index (χ2v) is 6.40. The standard InChI is InChI=1S/C14H14ClNOS/c15-12-8-16-14(18-12)13(17)11-6-2-5-10(7-11)9-3-1-4-9/h2,5-9,13,17H,1,3-4H2. The van der Waals surface area contributed by atoms with Crippen molar-refractivity contribution in [2.24, 2.45) is 0 Å². The fourth-order valence-electron chi connectivity index (χ4n) is 2.26. The Kier molecular flexibility index (Phi) is 3.37. The number of hydrogen-bond acceptors (Lipinski definition) is 3. The first-order valence-electron chi connectivity index (χ1n) is 6.13. The minimum atomic E-state index is -0.664. The van der Waals surface area contributed by atoms with Gasteiger partial charge in [-0.1, -0.05) is 42.3 Å². The van der Waals surface area contributed by atoms with E-state index in [1.165, 1.54) is 36.2 Å². The van der Waals surface area contributed by atoms with Gasteiger partial charge in [0.25, 0.3) is 0 Å². The van der Waals surface area contributed by atoms with Crippen LogP contribution in [0.4, 0.5) is 0 Å². The van der Waals surface area contributed by atoms with Crippen molar-refractivity contribution in [3.8, 4) is 0 Å². The highest BCUT2D eigenvalue weighted by atomic mass is 35.5. The first-order chi connectivity index (χ1) is 8.74. The van der Waals surface area contributed by atoms with Gasteiger partial charge < -0.3 is 5.11 Å². The minimum absolute atomic E-state index is 0.610. The number of halogens is 1. The van der Waals surface area contributed by atoms with Crippen LogP contribution in [0.3, 0.4) is 0 Å². The van der Waals surface area contributed by atoms with E-state index in [1.54, 1.807) is 6.20 Å². The van der Waals surface area contributed by atoms with E-state index in [2.05, 4.69) is 17.1 Å². The van der Waals surface area contributed by atoms with E-state index in [0.29, 0.717) is 15.3 Å². The maximum Gasteiger partial charge on any atom is 0.131 e. The maximum atomic E-state index is 10.3. The lowest BCUT2D eigenvalue weighted by Gasteiger charge is -2.26. The molecule has 0 spiro atoms. The molecule has 1 aliphatic carbocycles. The van der Waals surface area contributed by atoms with Crippen molar-refractivity contribution in [2.45, 2.75) is 31.3 Å². The fraction of sp³-hybridized carbons (Fsp3) is 0.357. The normalized spacial score (nSPS) is 17.4. The molecule has 0 aliphatic heterocycles. The zero-order valence-corrected chi connectivity index (χ0v) is 11.4. The molecule has 2 aromatic rings. The van der Waals surface area contributed by atoms with Gasteiger partial charge >= 0.3 is 0 Å². The Morgan fingerprint density at radius 1 is 1.39 bits per heavy atom. The van der Waals surface area contributed by atoms with Crippen LogP contribution < -0.4 is 0 Å². The van der Waals surface area contributed by atoms with Crippen molar-refractivity contribution in [3.05, 3.63) is 50.9 Å². The van der Waals surface area contributed by atoms with Gasteiger partial charge in [0.05, 0.1) is 6.20 Å². The number of aromatic nitrogens is 1. The van der Waals surface area contributed by atoms with E-state index in [1.807, 2.05) is 12.1 Å². The van der Waals surface area contributed by atoms with Gasteiger partial charge in [0.2, 0.25) is 0 Å². The van der Waals surface area contributed by atoms with E-state index in [4.69, 9.17) is 11.6 Å². The van der Waals surface area contributed by atoms with E-state index < -0.39 is 6.10 Å². The molecule has 1 unspecified atom stereocenters. The number of thiazole rings is 1. The lowest BCUT2D eigenvalue weighted by Crippen LogP contribution is -2.09. The van der Waals surface area contributed by atoms with Crippen LogP contribution in [0.5, 0.6) is 0 Å². The predicted molar refractivity (Wildman–Crippen MR) is 74.2 cm³/mol. The lowest BCUT2D eigenvalue weighted by atomic mass is 9.79. The Labute approximate surface area is 115 Å². The van der Waals surface area contributed by atoms with Crippen molar-refractivity contribution >= 4 is 22.9 Å². The molecule has 0 bridgehead atoms. The smallest absolute Gasteiger partial charge is 0.131 e. The summed E-state index contributed by atoms with van der Waals surface area (Å²) in [5.41, 5.74) is 2.24. The number of aliphatic hydroxyl groups excluding tert-OH is 1. The molecule has 1 aliphatic rings. The van der Waals surface area contributed by atoms with E-state index in [9.17, 15) is 5.11 Å². The summed E-state index contributed by atoms with van der Waals surface area (Å²) in [6, 6.07) is 8.21. The molecular formula is C14H14ClNOS. The fourth-order valence-corrected chi connectivity index (χ4v) is 3.20. The quantitative estimate of drug-likeness (QED) is 0.916. The molecule has 1 fully saturated rings. The minimum Gasteiger partial charge on any atom is -0.381 e. The number of aliphatic hydroxyl groups is 1. The molecule has 4 heteroatoms. The molecule has 0 amide bonds. The third kappa shape index (κ3) is 2.30. The van der Waals surface area contributed by atoms with Crippen molar-refractivity contribution in [3.63, 3.8) is 0 Å². The van der Waals surface area contributed by atoms with Gasteiger partial charge in [0, 0.05) is 0 Å². The maximum absolute atomic E-state index is 10.3. The molecule has 3 rings (SSSR count). The zero-order valence-electron chi connectivity index (χ0n) is 9.84. The average Bonchev–Trinajstić information content (AvgIpc) is 2.73. The van der Waals surface area contributed by atoms with Gasteiger partial charge in [-0.25, -0.2) is 4.98 Å². The third-order valence-electron chi connectivity index (χ3n) is 3.53. The molecule has 1 aromatic heterocycles. The highest BCUT2D eigenvalue weighted by molar-refractivity contribution is 7.15. The molecule has 1 heterocycles. The summed E-state index contributed by atoms with van der Waals surface area (Å²) < 4.78 is 0.610. The summed E-state index contributed by atoms with van der Waals surface area (Å²) in [5, 5.41) is 10.9. The van der Waals surface area contributed by atoms with Crippen LogP contribution in [-0.4, -0.2) is 10.1 Å². The zero-order chi connectivity index (χ0) is 12.5. The SMILES string of the molecule is OC(c1cccc(C2CCC2)c1)c1ncc(Cl)s1. The summed E-state index contributed by atoms with van der Waals surface area (Å²) in [6.45, 7) is 0. The predicted octanol–water partition coefficient (Wildman–Crippen LogP) is 4.15. The first-order valence-corrected chi connectivity index (χ1v) is 7.32. The molecule has 1 aromatic carbocycles. The molecule has 18 heavy (non-hydrogen) atoms. The van der Waals surface area contributed by atoms with Crippen LogP contribution in [-0.2, 0) is 0 Å². The largest absolute Gasteiger partial charge is 0.381 e. The van der Waals surface area contributed by atoms with Crippen molar-refractivity contribution in [1.82, 2.24) is 4.98 Å². The second-order valence-electron chi connectivity index (χ2n) is 4.70. The summed E-state index contributed by atoms with van der Waals surface area (Å²) in [7, 11) is 0. The highest BCUT2D eigenvalue weighted by Gasteiger charge is 2.21. The van der Waals surface area contributed by atoms with E-state index >= 15 is 0 Å². The molecule has 0 radical (unpaired) electrons. The van der Waals surface area contributed by atoms with Gasteiger partial charge in [0.1, 0.15) is 15.4 Å². The van der Waals surface area contributed by atoms with Gasteiger partial charge in [-0.3, -0.25) is 0 Å². The molecule has 1 N–H and O–H groups in total. The molecule has 1 atom stereocenters. The van der Waals surface area contributed by atoms with E-state index in [0.717, 1.165) is 5.56 Å². The third-order valence-corrected chi connectivity index (χ3v) is 4.70. The number of rotatable bonds is 3. The summed E-state index contributed by atoms with van der Waals surface area (Å²) in [5.74, 6) is 0.678. The highest BCUT2D eigenvalue weighted by Crippen LogP contribution is 2.37. The number of nitrogens with zero attached hydrogens (tertiary/aromatic N) is 1. The monoisotopic (exact) mass is 279 g/mol. The van der Waals surface area contributed by atoms with E-state index in [-0.39, 0.29) is 0 Å². The summed E-state index contributed by atoms with van der Waals surface area (Å²) in [6.07, 6.45) is 4.77. The van der Waals surface area contributed by atoms with Crippen molar-refractivity contribution < 1.29 is 5.11 Å². The number of hydrogen-bond donors (Lipinski definition) is 1. The molecule has 1 saturated carbocycles. The lowest BCUT2D eigenvalue weighted by molar-refractivity contribution is 0.219. The average molecular weight is 280 g/mol. The Morgan fingerprint density at radius 2 is 2.22 bits per heavy atom. The molecule has 94 valence electrons. The van der Waals surface area contributed by atoms with Gasteiger partial charge in [-0.05, 0) is 29.9 Å². The Hall–Kier alpha value is -0.900. The Bertz CT molecular complexity index is 550. The van der Waals surface area contributed by atoms with Crippen LogP contribution in [0.2, 0.25) is 4.34 Å². The van der Waals surface area contributed by atoms with Crippen LogP contribution in [0.1, 0.15) is 47.4 Å². The number of benzene rings is 1. The second kappa shape index (κ2) is 5.00. The molecule has 0 saturated heterocycles. The first kappa shape index (κ1) is 12.2. The van der Waals surface area contributed by atoms with Gasteiger partial charge in [0.15, 0.2) is 0 Å². The van der Waals surface area contributed by atoms with Crippen LogP contribution in [0, 0.1) is 0 Å². The van der Waals surface area contributed by atoms with Crippen LogP contribution in [0.25, 0.3) is 0 Å². The van der Waals surface area contributed by atoms with Crippen molar-refractivity contribution in [2.75, 3.05) is 0 Å². The van der Waals surface area contributed by atoms with Gasteiger partial charge in [-0.15, -0.1) is 11.3 Å². The van der Waals surface area contributed by atoms with Crippen LogP contribution >= 0.6 is 22.9 Å². The summed E-state index contributed by atoms with van der Waals surface area (Å²) in [4.78, 5) is 4.14. The van der Waals surface area contributed by atoms with Gasteiger partial charge in [-0.2, -0.15) is 0 Å². The summed E-state index contributed by atoms with van der Waals surface area (Å²) >= 11 is 7.18.